The number of benzene rings is 1. The molecule has 2 nitrogen and oxygen atoms in total. The Balaban J connectivity index is 1.94. The minimum Gasteiger partial charge on any atom is -0.388 e. The molecule has 0 aromatic heterocycles. The lowest BCUT2D eigenvalue weighted by Gasteiger charge is -2.35. The summed E-state index contributed by atoms with van der Waals surface area (Å²) in [5.74, 6) is 0. The molecule has 1 aromatic carbocycles. The van der Waals surface area contributed by atoms with Gasteiger partial charge in [-0.05, 0) is 50.4 Å². The molecule has 0 saturated carbocycles. The van der Waals surface area contributed by atoms with Gasteiger partial charge in [0.1, 0.15) is 0 Å². The molecule has 20 heavy (non-hydrogen) atoms. The number of rotatable bonds is 5. The summed E-state index contributed by atoms with van der Waals surface area (Å²) in [4.78, 5) is 2.51. The van der Waals surface area contributed by atoms with Crippen LogP contribution in [-0.2, 0) is 0 Å². The third-order valence-electron chi connectivity index (χ3n) is 4.23. The minimum absolute atomic E-state index is 0.541. The van der Waals surface area contributed by atoms with Crippen LogP contribution in [0.5, 0.6) is 0 Å². The molecule has 0 bridgehead atoms. The SMILES string of the molecule is CCC1CCCCN1CCC(O)c1cc(Cl)ccc1Cl. The second-order valence-corrected chi connectivity index (χ2v) is 6.41. The van der Waals surface area contributed by atoms with Gasteiger partial charge in [0.05, 0.1) is 6.10 Å². The number of likely N-dealkylation sites (tertiary alicyclic amines) is 1. The molecule has 2 rings (SSSR count). The summed E-state index contributed by atoms with van der Waals surface area (Å²) >= 11 is 12.1. The molecule has 0 radical (unpaired) electrons. The Kier molecular flexibility index (Phi) is 6.16. The number of aliphatic hydroxyl groups is 1. The zero-order valence-corrected chi connectivity index (χ0v) is 13.5. The highest BCUT2D eigenvalue weighted by atomic mass is 35.5. The first-order valence-electron chi connectivity index (χ1n) is 7.49. The van der Waals surface area contributed by atoms with Crippen LogP contribution in [0.3, 0.4) is 0 Å². The highest BCUT2D eigenvalue weighted by molar-refractivity contribution is 6.33. The lowest BCUT2D eigenvalue weighted by Crippen LogP contribution is -2.40. The van der Waals surface area contributed by atoms with Gasteiger partial charge in [-0.3, -0.25) is 0 Å². The number of aliphatic hydroxyl groups excluding tert-OH is 1. The Bertz CT molecular complexity index is 438. The van der Waals surface area contributed by atoms with Gasteiger partial charge < -0.3 is 10.0 Å². The molecule has 112 valence electrons. The number of halogens is 2. The molecule has 1 aliphatic heterocycles. The van der Waals surface area contributed by atoms with Crippen molar-refractivity contribution >= 4 is 23.2 Å². The van der Waals surface area contributed by atoms with E-state index in [-0.39, 0.29) is 0 Å². The van der Waals surface area contributed by atoms with E-state index in [1.807, 2.05) is 0 Å². The molecule has 1 fully saturated rings. The Morgan fingerprint density at radius 2 is 2.15 bits per heavy atom. The largest absolute Gasteiger partial charge is 0.388 e. The van der Waals surface area contributed by atoms with E-state index in [0.29, 0.717) is 22.5 Å². The topological polar surface area (TPSA) is 23.5 Å². The van der Waals surface area contributed by atoms with Crippen LogP contribution in [0.15, 0.2) is 18.2 Å². The van der Waals surface area contributed by atoms with Crippen molar-refractivity contribution < 1.29 is 5.11 Å². The van der Waals surface area contributed by atoms with Gasteiger partial charge in [-0.1, -0.05) is 36.5 Å². The van der Waals surface area contributed by atoms with Crippen LogP contribution < -0.4 is 0 Å². The predicted molar refractivity (Wildman–Crippen MR) is 85.5 cm³/mol. The number of hydrogen-bond acceptors (Lipinski definition) is 2. The second-order valence-electron chi connectivity index (χ2n) is 5.56. The molecule has 0 spiro atoms. The second kappa shape index (κ2) is 7.65. The monoisotopic (exact) mass is 315 g/mol. The van der Waals surface area contributed by atoms with Crippen LogP contribution in [0.1, 0.15) is 50.7 Å². The zero-order chi connectivity index (χ0) is 14.5. The van der Waals surface area contributed by atoms with Crippen LogP contribution >= 0.6 is 23.2 Å². The molecule has 2 unspecified atom stereocenters. The average Bonchev–Trinajstić information content (AvgIpc) is 2.47. The fourth-order valence-electron chi connectivity index (χ4n) is 3.03. The van der Waals surface area contributed by atoms with Crippen LogP contribution in [0, 0.1) is 0 Å². The van der Waals surface area contributed by atoms with Crippen molar-refractivity contribution in [1.29, 1.82) is 0 Å². The molecule has 1 saturated heterocycles. The Hall–Kier alpha value is -0.280. The predicted octanol–water partition coefficient (Wildman–Crippen LogP) is 4.68. The normalized spacial score (nSPS) is 21.9. The van der Waals surface area contributed by atoms with E-state index in [9.17, 15) is 5.11 Å². The average molecular weight is 316 g/mol. The molecule has 4 heteroatoms. The first kappa shape index (κ1) is 16.1. The minimum atomic E-state index is -0.541. The van der Waals surface area contributed by atoms with Crippen molar-refractivity contribution in [3.8, 4) is 0 Å². The van der Waals surface area contributed by atoms with E-state index in [0.717, 1.165) is 18.7 Å². The number of hydrogen-bond donors (Lipinski definition) is 1. The molecular formula is C16H23Cl2NO. The van der Waals surface area contributed by atoms with Crippen molar-refractivity contribution in [3.05, 3.63) is 33.8 Å². The smallest absolute Gasteiger partial charge is 0.0817 e. The van der Waals surface area contributed by atoms with Gasteiger partial charge in [0, 0.05) is 28.2 Å². The van der Waals surface area contributed by atoms with Gasteiger partial charge in [-0.2, -0.15) is 0 Å². The molecular weight excluding hydrogens is 293 g/mol. The highest BCUT2D eigenvalue weighted by Crippen LogP contribution is 2.29. The number of nitrogens with zero attached hydrogens (tertiary/aromatic N) is 1. The third kappa shape index (κ3) is 4.11. The van der Waals surface area contributed by atoms with Crippen LogP contribution in [0.25, 0.3) is 0 Å². The molecule has 1 aromatic rings. The lowest BCUT2D eigenvalue weighted by molar-refractivity contribution is 0.101. The Morgan fingerprint density at radius 3 is 2.90 bits per heavy atom. The summed E-state index contributed by atoms with van der Waals surface area (Å²) in [6.07, 6.45) is 5.23. The fourth-order valence-corrected chi connectivity index (χ4v) is 3.45. The molecule has 0 amide bonds. The molecule has 1 heterocycles. The fraction of sp³-hybridized carbons (Fsp3) is 0.625. The van der Waals surface area contributed by atoms with Crippen molar-refractivity contribution in [1.82, 2.24) is 4.90 Å². The van der Waals surface area contributed by atoms with Crippen molar-refractivity contribution in [3.63, 3.8) is 0 Å². The van der Waals surface area contributed by atoms with E-state index >= 15 is 0 Å². The van der Waals surface area contributed by atoms with Gasteiger partial charge >= 0.3 is 0 Å². The van der Waals surface area contributed by atoms with Crippen molar-refractivity contribution in [2.45, 2.75) is 51.2 Å². The maximum atomic E-state index is 10.3. The summed E-state index contributed by atoms with van der Waals surface area (Å²) in [6, 6.07) is 5.93. The molecule has 2 atom stereocenters. The summed E-state index contributed by atoms with van der Waals surface area (Å²) in [5, 5.41) is 11.6. The quantitative estimate of drug-likeness (QED) is 0.852. The summed E-state index contributed by atoms with van der Waals surface area (Å²) in [5.41, 5.74) is 0.740. The Labute approximate surface area is 131 Å². The maximum absolute atomic E-state index is 10.3. The molecule has 1 N–H and O–H groups in total. The van der Waals surface area contributed by atoms with Crippen LogP contribution in [-0.4, -0.2) is 29.1 Å². The van der Waals surface area contributed by atoms with E-state index in [1.54, 1.807) is 18.2 Å². The van der Waals surface area contributed by atoms with Gasteiger partial charge in [0.15, 0.2) is 0 Å². The van der Waals surface area contributed by atoms with E-state index in [4.69, 9.17) is 23.2 Å². The van der Waals surface area contributed by atoms with Crippen LogP contribution in [0.4, 0.5) is 0 Å². The highest BCUT2D eigenvalue weighted by Gasteiger charge is 2.22. The molecule has 1 aliphatic rings. The van der Waals surface area contributed by atoms with E-state index < -0.39 is 6.10 Å². The lowest BCUT2D eigenvalue weighted by atomic mass is 9.98. The number of piperidine rings is 1. The van der Waals surface area contributed by atoms with Crippen molar-refractivity contribution in [2.75, 3.05) is 13.1 Å². The standard InChI is InChI=1S/C16H23Cl2NO/c1-2-13-5-3-4-9-19(13)10-8-16(20)14-11-12(17)6-7-15(14)18/h6-7,11,13,16,20H,2-5,8-10H2,1H3. The summed E-state index contributed by atoms with van der Waals surface area (Å²) < 4.78 is 0. The summed E-state index contributed by atoms with van der Waals surface area (Å²) in [7, 11) is 0. The zero-order valence-electron chi connectivity index (χ0n) is 12.0. The summed E-state index contributed by atoms with van der Waals surface area (Å²) in [6.45, 7) is 4.31. The maximum Gasteiger partial charge on any atom is 0.0817 e. The van der Waals surface area contributed by atoms with E-state index in [2.05, 4.69) is 11.8 Å². The molecule has 0 aliphatic carbocycles. The van der Waals surface area contributed by atoms with Gasteiger partial charge in [-0.25, -0.2) is 0 Å². The van der Waals surface area contributed by atoms with Crippen LogP contribution in [0.2, 0.25) is 10.0 Å². The van der Waals surface area contributed by atoms with Crippen molar-refractivity contribution in [2.24, 2.45) is 0 Å². The first-order chi connectivity index (χ1) is 9.61. The van der Waals surface area contributed by atoms with E-state index in [1.165, 1.54) is 25.7 Å². The third-order valence-corrected chi connectivity index (χ3v) is 4.81. The van der Waals surface area contributed by atoms with Gasteiger partial charge in [0.25, 0.3) is 0 Å². The first-order valence-corrected chi connectivity index (χ1v) is 8.24. The van der Waals surface area contributed by atoms with Gasteiger partial charge in [-0.15, -0.1) is 0 Å². The Morgan fingerprint density at radius 1 is 1.35 bits per heavy atom. The van der Waals surface area contributed by atoms with Gasteiger partial charge in [0.2, 0.25) is 0 Å².